The second-order valence-corrected chi connectivity index (χ2v) is 32.0. The van der Waals surface area contributed by atoms with Crippen molar-refractivity contribution in [1.82, 2.24) is 49.8 Å². The van der Waals surface area contributed by atoms with Crippen molar-refractivity contribution in [2.24, 2.45) is 53.6 Å². The number of alkyl halides is 2. The van der Waals surface area contributed by atoms with Crippen LogP contribution in [0, 0.1) is 36.0 Å². The summed E-state index contributed by atoms with van der Waals surface area (Å²) in [5.74, 6) is -2.47. The summed E-state index contributed by atoms with van der Waals surface area (Å²) in [6, 6.07) is 21.4. The molecule has 0 spiro atoms. The van der Waals surface area contributed by atoms with Gasteiger partial charge in [0.15, 0.2) is 40.6 Å². The Labute approximate surface area is 782 Å². The van der Waals surface area contributed by atoms with Gasteiger partial charge < -0.3 is 83.0 Å². The minimum atomic E-state index is -3.04. The zero-order valence-electron chi connectivity index (χ0n) is 78.4. The minimum absolute atomic E-state index is 0.000790. The SMILES string of the molecule is CC1=C[C@@](C)(c2cc(CC(=O)c3c[nH]c(=O)cn3)ccc2F)N=C(N)O1.CC1=C[C@@](C)(c2cc(CC(=O)c3cnc(C)cn3)ccc2F)N=C(N)O1.CC1=C[C@@](C)(c2cc(CC(=O)c3cnc(OC(F)F)cn3)ccc2F)N=C(N)O1.COc1cnc(C(=O)Cc2ccc(F)c([C@]3(C)C=C(C)OC(N)=N3)c2)c(N)n1.[2H]C([2H])([2H])Oc1cnc(C(=O)Cc2ccc(F)c([C@]3(C)C=C(C)OC(N)=N3)c2)c(N)n1. The van der Waals surface area contributed by atoms with Gasteiger partial charge in [0.05, 0.1) is 61.1 Å². The van der Waals surface area contributed by atoms with Gasteiger partial charge in [-0.15, -0.1) is 0 Å². The lowest BCUT2D eigenvalue weighted by atomic mass is 9.88. The molecule has 36 nitrogen and oxygen atoms in total. The molecule has 5 aromatic carbocycles. The van der Waals surface area contributed by atoms with Crippen LogP contribution >= 0.6 is 0 Å². The highest BCUT2D eigenvalue weighted by Crippen LogP contribution is 2.40. The van der Waals surface area contributed by atoms with Crippen molar-refractivity contribution < 1.29 is 96.7 Å². The fourth-order valence-corrected chi connectivity index (χ4v) is 14.8. The highest BCUT2D eigenvalue weighted by molar-refractivity contribution is 6.01. The second-order valence-electron chi connectivity index (χ2n) is 32.0. The number of carbonyl (C=O) groups excluding carboxylic acids is 5. The first kappa shape index (κ1) is 96.3. The van der Waals surface area contributed by atoms with Gasteiger partial charge in [-0.3, -0.25) is 33.8 Å². The molecule has 0 unspecified atom stereocenters. The molecular formula is C94H93F7N22O14. The Bertz CT molecular complexity index is 6780. The molecule has 5 aliphatic rings. The predicted molar refractivity (Wildman–Crippen MR) is 488 cm³/mol. The Hall–Kier alpha value is -16.8. The number of nitrogens with zero attached hydrogens (tertiary/aromatic N) is 14. The number of nitrogen functional groups attached to an aromatic ring is 2. The molecule has 0 aliphatic carbocycles. The number of Topliss-reactive ketones (excluding diaryl/α,β-unsaturated/α-hetero) is 5. The first-order chi connectivity index (χ1) is 65.8. The lowest BCUT2D eigenvalue weighted by molar-refractivity contribution is -0.0531. The number of amidine groups is 5. The Morgan fingerprint density at radius 1 is 0.380 bits per heavy atom. The summed E-state index contributed by atoms with van der Waals surface area (Å²) < 4.78 is 158. The maximum atomic E-state index is 14.6. The number of anilines is 2. The van der Waals surface area contributed by atoms with Crippen molar-refractivity contribution in [2.45, 2.75) is 143 Å². The number of ether oxygens (including phenoxy) is 8. The van der Waals surface area contributed by atoms with Crippen molar-refractivity contribution in [3.05, 3.63) is 329 Å². The summed E-state index contributed by atoms with van der Waals surface area (Å²) in [4.78, 5) is 132. The van der Waals surface area contributed by atoms with Gasteiger partial charge in [-0.2, -0.15) is 18.7 Å². The molecular weight excluding hydrogens is 1790 g/mol. The zero-order valence-corrected chi connectivity index (χ0v) is 75.4. The molecule has 0 amide bonds. The number of aliphatic imine (C=N–C) groups is 5. The average molecular weight is 1890 g/mol. The largest absolute Gasteiger partial charge is 0.480 e. The first-order valence-electron chi connectivity index (χ1n) is 42.6. The average Bonchev–Trinajstić information content (AvgIpc) is 0.798. The summed E-state index contributed by atoms with van der Waals surface area (Å²) >= 11 is 0. The Balaban J connectivity index is 0.000000168. The van der Waals surface area contributed by atoms with Crippen molar-refractivity contribution in [3.8, 4) is 17.6 Å². The van der Waals surface area contributed by atoms with Gasteiger partial charge in [-0.25, -0.2) is 76.8 Å². The molecule has 0 radical (unpaired) electrons. The predicted octanol–water partition coefficient (Wildman–Crippen LogP) is 11.9. The summed E-state index contributed by atoms with van der Waals surface area (Å²) in [5, 5.41) is 0. The summed E-state index contributed by atoms with van der Waals surface area (Å²) in [5.41, 5.74) is 39.4. The van der Waals surface area contributed by atoms with E-state index in [4.69, 9.17) is 72.7 Å². The number of nitrogens with one attached hydrogen (secondary N) is 1. The zero-order chi connectivity index (χ0) is 102. The summed E-state index contributed by atoms with van der Waals surface area (Å²) in [6.07, 6.45) is 17.6. The maximum Gasteiger partial charge on any atom is 0.388 e. The molecule has 0 saturated carbocycles. The van der Waals surface area contributed by atoms with Crippen LogP contribution in [-0.2, 0) is 83.5 Å². The molecule has 5 atom stereocenters. The van der Waals surface area contributed by atoms with Gasteiger partial charge >= 0.3 is 6.61 Å². The van der Waals surface area contributed by atoms with Gasteiger partial charge in [-0.05, 0) is 195 Å². The minimum Gasteiger partial charge on any atom is -0.480 e. The first-order valence-corrected chi connectivity index (χ1v) is 41.1. The summed E-state index contributed by atoms with van der Waals surface area (Å²) in [6.45, 7) is 15.7. The number of methoxy groups -OCH3 is 2. The molecule has 10 heterocycles. The second kappa shape index (κ2) is 42.4. The van der Waals surface area contributed by atoms with Gasteiger partial charge in [0, 0.05) is 72.3 Å². The van der Waals surface area contributed by atoms with Crippen LogP contribution in [0.3, 0.4) is 0 Å². The van der Waals surface area contributed by atoms with Gasteiger partial charge in [-0.1, -0.05) is 30.3 Å². The number of aromatic amines is 1. The van der Waals surface area contributed by atoms with Crippen LogP contribution in [-0.4, -0.2) is 130 Å². The van der Waals surface area contributed by atoms with Crippen molar-refractivity contribution in [1.29, 1.82) is 0 Å². The van der Waals surface area contributed by atoms with Gasteiger partial charge in [0.1, 0.15) is 114 Å². The normalized spacial score (nSPS) is 19.4. The molecule has 137 heavy (non-hydrogen) atoms. The van der Waals surface area contributed by atoms with E-state index in [0.717, 1.165) is 30.5 Å². The third kappa shape index (κ3) is 25.7. The Morgan fingerprint density at radius 3 is 0.920 bits per heavy atom. The number of aromatic nitrogens is 10. The lowest BCUT2D eigenvalue weighted by Crippen LogP contribution is -2.30. The third-order valence-electron chi connectivity index (χ3n) is 20.7. The molecule has 5 aliphatic heterocycles. The van der Waals surface area contributed by atoms with E-state index in [-0.39, 0.29) is 154 Å². The van der Waals surface area contributed by atoms with Crippen LogP contribution in [0.2, 0.25) is 0 Å². The van der Waals surface area contributed by atoms with E-state index in [1.807, 2.05) is 0 Å². The quantitative estimate of drug-likeness (QED) is 0.0206. The number of ketones is 5. The Morgan fingerprint density at radius 2 is 0.664 bits per heavy atom. The van der Waals surface area contributed by atoms with E-state index in [9.17, 15) is 59.5 Å². The lowest BCUT2D eigenvalue weighted by Gasteiger charge is -2.27. The van der Waals surface area contributed by atoms with Crippen LogP contribution < -0.4 is 59.9 Å². The standard InChI is InChI=1S/C19H17F3N4O3.2C19H20FN5O3.C19H19FN4O2.C18H17FN4O3/c1-10-7-19(2,26-18(23)28-10)12-5-11(3-4-13(12)20)6-15(27)14-8-25-16(9-24-14)29-17(21)22;2*1-10-8-19(2,25-18(22)28-10)12-6-11(4-5-13(12)20)7-14(26)16-17(21)24-15(27-3)9-23-16;1-11-9-23-16(10-22-11)17(25)7-13-4-5-15(20)14(6-13)19(3)8-12(2)26-18(21)24-19;1-10-7-18(2,23-17(20)26-10)12-5-11(3-4-13(12)19)6-15(24)14-8-22-16(25)9-21-14/h3-5,7-9,17H,6H2,1-2H3,(H2,23,26);2*4-6,8-9H,7H2,1-3H3,(H2,21,24)(H2,22,25);4-6,8-10H,7H2,1-3H3,(H2,21,24);3-5,7-9H,6H2,1-2H3,(H2,20,23)(H,22,25)/t4*19-;18-/m00000/s1/i;3D3;;;. The molecule has 712 valence electrons. The van der Waals surface area contributed by atoms with Crippen molar-refractivity contribution in [3.63, 3.8) is 0 Å². The van der Waals surface area contributed by atoms with E-state index in [1.54, 1.807) is 131 Å². The van der Waals surface area contributed by atoms with E-state index in [2.05, 4.69) is 84.3 Å². The van der Waals surface area contributed by atoms with Crippen molar-refractivity contribution in [2.75, 3.05) is 25.6 Å². The molecule has 5 aromatic heterocycles. The van der Waals surface area contributed by atoms with Crippen molar-refractivity contribution >= 4 is 70.7 Å². The molecule has 15 rings (SSSR count). The molecule has 10 aromatic rings. The molecule has 0 bridgehead atoms. The summed E-state index contributed by atoms with van der Waals surface area (Å²) in [7, 11) is -1.30. The fraction of sp³-hybridized carbons (Fsp3) is 0.255. The number of allylic oxidation sites excluding steroid dienone is 5. The fourth-order valence-electron chi connectivity index (χ4n) is 14.8. The maximum absolute atomic E-state index is 14.6. The number of aryl methyl sites for hydroxylation is 1. The number of hydrogen-bond acceptors (Lipinski definition) is 35. The molecule has 0 fully saturated rings. The highest BCUT2D eigenvalue weighted by Gasteiger charge is 2.38. The number of carbonyl (C=O) groups is 5. The number of hydrogen-bond donors (Lipinski definition) is 8. The number of H-pyrrole nitrogens is 1. The van der Waals surface area contributed by atoms with E-state index in [0.29, 0.717) is 62.2 Å². The topological polar surface area (TPSA) is 552 Å². The van der Waals surface area contributed by atoms with Gasteiger partial charge in [0.25, 0.3) is 35.7 Å². The van der Waals surface area contributed by atoms with Crippen LogP contribution in [0.1, 0.15) is 187 Å². The van der Waals surface area contributed by atoms with E-state index >= 15 is 0 Å². The van der Waals surface area contributed by atoms with Gasteiger partial charge in [0.2, 0.25) is 17.6 Å². The highest BCUT2D eigenvalue weighted by atomic mass is 19.3. The Kier molecular flexibility index (Phi) is 29.8. The smallest absolute Gasteiger partial charge is 0.388 e. The molecule has 43 heteroatoms. The number of nitrogens with two attached hydrogens (primary N) is 7. The van der Waals surface area contributed by atoms with Crippen LogP contribution in [0.4, 0.5) is 42.4 Å². The van der Waals surface area contributed by atoms with Crippen LogP contribution in [0.15, 0.2) is 230 Å². The number of rotatable bonds is 24. The number of benzene rings is 5. The van der Waals surface area contributed by atoms with Crippen LogP contribution in [0.25, 0.3) is 0 Å². The van der Waals surface area contributed by atoms with E-state index < -0.39 is 93.4 Å². The van der Waals surface area contributed by atoms with Crippen LogP contribution in [0.5, 0.6) is 17.6 Å². The molecule has 15 N–H and O–H groups in total. The third-order valence-corrected chi connectivity index (χ3v) is 20.7. The van der Waals surface area contributed by atoms with E-state index in [1.165, 1.54) is 98.6 Å². The molecule has 0 saturated heterocycles. The number of halogens is 7. The monoisotopic (exact) mass is 1890 g/mol.